The third kappa shape index (κ3) is 3.69. The standard InChI is InChI=1S/C15H12Cl2O2S/c1-19-14-5-3-2-4-11(14)13(18)9-20-15-8-10(16)6-7-12(15)17/h2-8H,9H2,1H3. The summed E-state index contributed by atoms with van der Waals surface area (Å²) in [5, 5.41) is 1.19. The third-order valence-corrected chi connectivity index (χ3v) is 4.39. The Balaban J connectivity index is 2.11. The van der Waals surface area contributed by atoms with Gasteiger partial charge in [-0.15, -0.1) is 11.8 Å². The SMILES string of the molecule is COc1ccccc1C(=O)CSc1cc(Cl)ccc1Cl. The Bertz CT molecular complexity index is 629. The zero-order valence-electron chi connectivity index (χ0n) is 10.7. The normalized spacial score (nSPS) is 10.3. The minimum absolute atomic E-state index is 0.0107. The highest BCUT2D eigenvalue weighted by Crippen LogP contribution is 2.31. The van der Waals surface area contributed by atoms with Crippen molar-refractivity contribution in [2.75, 3.05) is 12.9 Å². The monoisotopic (exact) mass is 326 g/mol. The number of carbonyl (C=O) groups is 1. The number of hydrogen-bond donors (Lipinski definition) is 0. The van der Waals surface area contributed by atoms with Gasteiger partial charge < -0.3 is 4.74 Å². The van der Waals surface area contributed by atoms with E-state index in [0.717, 1.165) is 4.90 Å². The van der Waals surface area contributed by atoms with Crippen LogP contribution in [0.4, 0.5) is 0 Å². The molecule has 0 aliphatic heterocycles. The fourth-order valence-electron chi connectivity index (χ4n) is 1.68. The number of ether oxygens (including phenoxy) is 1. The number of thioether (sulfide) groups is 1. The lowest BCUT2D eigenvalue weighted by molar-refractivity contribution is 0.101. The van der Waals surface area contributed by atoms with Gasteiger partial charge in [0.05, 0.1) is 23.4 Å². The maximum absolute atomic E-state index is 12.2. The molecular weight excluding hydrogens is 315 g/mol. The van der Waals surface area contributed by atoms with E-state index in [-0.39, 0.29) is 11.5 Å². The highest BCUT2D eigenvalue weighted by atomic mass is 35.5. The molecule has 0 bridgehead atoms. The first-order chi connectivity index (χ1) is 9.61. The number of para-hydroxylation sites is 1. The van der Waals surface area contributed by atoms with Crippen LogP contribution >= 0.6 is 35.0 Å². The van der Waals surface area contributed by atoms with Crippen LogP contribution in [0.5, 0.6) is 5.75 Å². The molecule has 0 fully saturated rings. The molecule has 0 atom stereocenters. The van der Waals surface area contributed by atoms with Gasteiger partial charge >= 0.3 is 0 Å². The van der Waals surface area contributed by atoms with Crippen LogP contribution < -0.4 is 4.74 Å². The highest BCUT2D eigenvalue weighted by Gasteiger charge is 2.13. The summed E-state index contributed by atoms with van der Waals surface area (Å²) in [6.45, 7) is 0. The molecule has 2 aromatic rings. The van der Waals surface area contributed by atoms with Gasteiger partial charge in [0.25, 0.3) is 0 Å². The summed E-state index contributed by atoms with van der Waals surface area (Å²) in [6, 6.07) is 12.4. The molecule has 2 nitrogen and oxygen atoms in total. The molecule has 0 radical (unpaired) electrons. The summed E-state index contributed by atoms with van der Waals surface area (Å²) in [4.78, 5) is 13.0. The maximum atomic E-state index is 12.2. The number of halogens is 2. The lowest BCUT2D eigenvalue weighted by Gasteiger charge is -2.08. The topological polar surface area (TPSA) is 26.3 Å². The van der Waals surface area contributed by atoms with Crippen molar-refractivity contribution in [1.29, 1.82) is 0 Å². The molecule has 0 spiro atoms. The molecule has 0 heterocycles. The first kappa shape index (κ1) is 15.2. The second-order valence-corrected chi connectivity index (χ2v) is 5.85. The van der Waals surface area contributed by atoms with Gasteiger partial charge in [0, 0.05) is 9.92 Å². The van der Waals surface area contributed by atoms with Crippen LogP contribution in [0.25, 0.3) is 0 Å². The van der Waals surface area contributed by atoms with E-state index in [2.05, 4.69) is 0 Å². The van der Waals surface area contributed by atoms with E-state index in [1.54, 1.807) is 37.4 Å². The molecule has 0 aliphatic rings. The van der Waals surface area contributed by atoms with Crippen LogP contribution in [0.1, 0.15) is 10.4 Å². The summed E-state index contributed by atoms with van der Waals surface area (Å²) < 4.78 is 5.18. The van der Waals surface area contributed by atoms with Crippen LogP contribution in [0.2, 0.25) is 10.0 Å². The van der Waals surface area contributed by atoms with Gasteiger partial charge in [-0.05, 0) is 30.3 Å². The van der Waals surface area contributed by atoms with Crippen LogP contribution in [0.15, 0.2) is 47.4 Å². The fraction of sp³-hybridized carbons (Fsp3) is 0.133. The largest absolute Gasteiger partial charge is 0.496 e. The minimum atomic E-state index is -0.0107. The van der Waals surface area contributed by atoms with Crippen molar-refractivity contribution >= 4 is 40.7 Å². The van der Waals surface area contributed by atoms with Crippen molar-refractivity contribution in [1.82, 2.24) is 0 Å². The quantitative estimate of drug-likeness (QED) is 0.572. The zero-order valence-corrected chi connectivity index (χ0v) is 13.1. The second kappa shape index (κ2) is 7.02. The van der Waals surface area contributed by atoms with Crippen LogP contribution in [0, 0.1) is 0 Å². The molecular formula is C15H12Cl2O2S. The lowest BCUT2D eigenvalue weighted by atomic mass is 10.1. The predicted octanol–water partition coefficient (Wildman–Crippen LogP) is 4.98. The van der Waals surface area contributed by atoms with Gasteiger partial charge in [-0.25, -0.2) is 0 Å². The van der Waals surface area contributed by atoms with Gasteiger partial charge in [0.15, 0.2) is 5.78 Å². The molecule has 0 aromatic heterocycles. The molecule has 0 aliphatic carbocycles. The van der Waals surface area contributed by atoms with Crippen molar-refractivity contribution in [2.45, 2.75) is 4.90 Å². The van der Waals surface area contributed by atoms with E-state index in [9.17, 15) is 4.79 Å². The maximum Gasteiger partial charge on any atom is 0.176 e. The Labute approximate surface area is 132 Å². The number of rotatable bonds is 5. The van der Waals surface area contributed by atoms with Gasteiger partial charge in [-0.2, -0.15) is 0 Å². The molecule has 0 N–H and O–H groups in total. The van der Waals surface area contributed by atoms with E-state index < -0.39 is 0 Å². The molecule has 0 unspecified atom stereocenters. The predicted molar refractivity (Wildman–Crippen MR) is 84.5 cm³/mol. The lowest BCUT2D eigenvalue weighted by Crippen LogP contribution is -2.04. The molecule has 2 rings (SSSR count). The summed E-state index contributed by atoms with van der Waals surface area (Å²) in [5.41, 5.74) is 0.570. The summed E-state index contributed by atoms with van der Waals surface area (Å²) in [7, 11) is 1.55. The zero-order chi connectivity index (χ0) is 14.5. The van der Waals surface area contributed by atoms with E-state index in [1.807, 2.05) is 12.1 Å². The van der Waals surface area contributed by atoms with Gasteiger partial charge in [0.1, 0.15) is 5.75 Å². The summed E-state index contributed by atoms with van der Waals surface area (Å²) >= 11 is 13.4. The Kier molecular flexibility index (Phi) is 5.35. The van der Waals surface area contributed by atoms with Crippen LogP contribution in [-0.4, -0.2) is 18.6 Å². The van der Waals surface area contributed by atoms with E-state index >= 15 is 0 Å². The molecule has 2 aromatic carbocycles. The molecule has 104 valence electrons. The third-order valence-electron chi connectivity index (χ3n) is 2.66. The fourth-order valence-corrected chi connectivity index (χ4v) is 3.06. The summed E-state index contributed by atoms with van der Waals surface area (Å²) in [6.07, 6.45) is 0. The number of methoxy groups -OCH3 is 1. The Morgan fingerprint density at radius 3 is 2.70 bits per heavy atom. The molecule has 20 heavy (non-hydrogen) atoms. The summed E-state index contributed by atoms with van der Waals surface area (Å²) in [5.74, 6) is 0.847. The van der Waals surface area contributed by atoms with Crippen LogP contribution in [0.3, 0.4) is 0 Å². The number of Topliss-reactive ketones (excluding diaryl/α,β-unsaturated/α-hetero) is 1. The Hall–Kier alpha value is -1.16. The van der Waals surface area contributed by atoms with E-state index in [0.29, 0.717) is 21.4 Å². The number of carbonyl (C=O) groups excluding carboxylic acids is 1. The number of benzene rings is 2. The second-order valence-electron chi connectivity index (χ2n) is 3.99. The minimum Gasteiger partial charge on any atom is -0.496 e. The smallest absolute Gasteiger partial charge is 0.176 e. The van der Waals surface area contributed by atoms with Crippen molar-refractivity contribution in [2.24, 2.45) is 0 Å². The molecule has 0 saturated heterocycles. The number of hydrogen-bond acceptors (Lipinski definition) is 3. The molecule has 0 saturated carbocycles. The average Bonchev–Trinajstić information content (AvgIpc) is 2.47. The van der Waals surface area contributed by atoms with Crippen molar-refractivity contribution in [3.63, 3.8) is 0 Å². The van der Waals surface area contributed by atoms with Gasteiger partial charge in [-0.1, -0.05) is 35.3 Å². The Morgan fingerprint density at radius 2 is 1.95 bits per heavy atom. The number of ketones is 1. The van der Waals surface area contributed by atoms with Gasteiger partial charge in [0.2, 0.25) is 0 Å². The van der Waals surface area contributed by atoms with E-state index in [1.165, 1.54) is 11.8 Å². The van der Waals surface area contributed by atoms with Crippen molar-refractivity contribution in [3.05, 3.63) is 58.1 Å². The van der Waals surface area contributed by atoms with Crippen molar-refractivity contribution < 1.29 is 9.53 Å². The average molecular weight is 327 g/mol. The highest BCUT2D eigenvalue weighted by molar-refractivity contribution is 8.00. The van der Waals surface area contributed by atoms with Crippen LogP contribution in [-0.2, 0) is 0 Å². The van der Waals surface area contributed by atoms with E-state index in [4.69, 9.17) is 27.9 Å². The molecule has 5 heteroatoms. The molecule has 0 amide bonds. The Morgan fingerprint density at radius 1 is 1.20 bits per heavy atom. The van der Waals surface area contributed by atoms with Gasteiger partial charge in [-0.3, -0.25) is 4.79 Å². The first-order valence-corrected chi connectivity index (χ1v) is 7.60. The van der Waals surface area contributed by atoms with Crippen molar-refractivity contribution in [3.8, 4) is 5.75 Å². The first-order valence-electron chi connectivity index (χ1n) is 5.86.